The van der Waals surface area contributed by atoms with Crippen LogP contribution in [-0.4, -0.2) is 64.6 Å². The maximum atomic E-state index is 13.8. The molecule has 1 heterocycles. The number of nitrogens with zero attached hydrogens (tertiary/aromatic N) is 1. The van der Waals surface area contributed by atoms with E-state index >= 15 is 0 Å². The number of esters is 1. The van der Waals surface area contributed by atoms with Crippen molar-refractivity contribution in [3.05, 3.63) is 52.8 Å². The number of halogens is 2. The number of ether oxygens (including phenoxy) is 3. The molecule has 0 radical (unpaired) electrons. The Kier molecular flexibility index (Phi) is 7.67. The largest absolute Gasteiger partial charge is 0.495 e. The minimum absolute atomic E-state index is 0.107. The molecule has 3 rings (SSSR count). The fourth-order valence-electron chi connectivity index (χ4n) is 2.98. The van der Waals surface area contributed by atoms with Crippen molar-refractivity contribution >= 4 is 39.2 Å². The number of morpholine rings is 1. The normalized spacial score (nSPS) is 14.6. The molecule has 9 nitrogen and oxygen atoms in total. The van der Waals surface area contributed by atoms with E-state index in [4.69, 9.17) is 25.8 Å². The Morgan fingerprint density at radius 1 is 1.22 bits per heavy atom. The number of benzene rings is 2. The Morgan fingerprint density at radius 3 is 2.59 bits per heavy atom. The first-order chi connectivity index (χ1) is 15.2. The van der Waals surface area contributed by atoms with Crippen molar-refractivity contribution in [2.24, 2.45) is 0 Å². The lowest BCUT2D eigenvalue weighted by atomic mass is 10.2. The van der Waals surface area contributed by atoms with Crippen molar-refractivity contribution in [3.63, 3.8) is 0 Å². The summed E-state index contributed by atoms with van der Waals surface area (Å²) in [5, 5.41) is 2.29. The molecule has 0 atom stereocenters. The lowest BCUT2D eigenvalue weighted by molar-refractivity contribution is -0.119. The monoisotopic (exact) mass is 486 g/mol. The van der Waals surface area contributed by atoms with Gasteiger partial charge in [0.1, 0.15) is 22.0 Å². The summed E-state index contributed by atoms with van der Waals surface area (Å²) in [5.74, 6) is -2.63. The average Bonchev–Trinajstić information content (AvgIpc) is 2.78. The minimum Gasteiger partial charge on any atom is -0.495 e. The van der Waals surface area contributed by atoms with Gasteiger partial charge in [-0.15, -0.1) is 0 Å². The Balaban J connectivity index is 1.71. The van der Waals surface area contributed by atoms with Crippen molar-refractivity contribution in [1.29, 1.82) is 0 Å². The van der Waals surface area contributed by atoms with Crippen molar-refractivity contribution in [3.8, 4) is 5.75 Å². The van der Waals surface area contributed by atoms with E-state index in [9.17, 15) is 22.4 Å². The molecular formula is C20H20ClFN2O7S. The molecule has 0 spiro atoms. The molecule has 32 heavy (non-hydrogen) atoms. The van der Waals surface area contributed by atoms with Crippen LogP contribution in [0.1, 0.15) is 10.4 Å². The molecule has 1 saturated heterocycles. The van der Waals surface area contributed by atoms with E-state index in [0.717, 1.165) is 6.07 Å². The molecule has 0 aromatic heterocycles. The summed E-state index contributed by atoms with van der Waals surface area (Å²) in [5.41, 5.74) is -0.340. The number of nitrogens with one attached hydrogen (secondary N) is 1. The van der Waals surface area contributed by atoms with Gasteiger partial charge in [-0.05, 0) is 30.3 Å². The average molecular weight is 487 g/mol. The first kappa shape index (κ1) is 23.9. The van der Waals surface area contributed by atoms with Crippen LogP contribution in [0.25, 0.3) is 0 Å². The summed E-state index contributed by atoms with van der Waals surface area (Å²) in [6.07, 6.45) is 0. The number of sulfonamides is 1. The Bertz CT molecular complexity index is 1100. The maximum Gasteiger partial charge on any atom is 0.343 e. The molecule has 172 valence electrons. The summed E-state index contributed by atoms with van der Waals surface area (Å²) in [6.45, 7) is 0.194. The summed E-state index contributed by atoms with van der Waals surface area (Å²) < 4.78 is 56.2. The number of amides is 1. The zero-order chi connectivity index (χ0) is 23.3. The smallest absolute Gasteiger partial charge is 0.343 e. The number of carbonyl (C=O) groups is 2. The predicted octanol–water partition coefficient (Wildman–Crippen LogP) is 2.30. The lowest BCUT2D eigenvalue weighted by Gasteiger charge is -2.26. The SMILES string of the molecule is COc1ccc(NC(=O)COC(=O)c2c(F)cccc2Cl)cc1S(=O)(=O)N1CCOCC1. The van der Waals surface area contributed by atoms with E-state index < -0.39 is 39.9 Å². The molecule has 0 bridgehead atoms. The second-order valence-electron chi connectivity index (χ2n) is 6.60. The molecular weight excluding hydrogens is 467 g/mol. The van der Waals surface area contributed by atoms with Gasteiger partial charge in [0.2, 0.25) is 10.0 Å². The Morgan fingerprint density at radius 2 is 1.94 bits per heavy atom. The molecule has 2 aromatic rings. The van der Waals surface area contributed by atoms with E-state index in [0.29, 0.717) is 0 Å². The summed E-state index contributed by atoms with van der Waals surface area (Å²) >= 11 is 5.80. The van der Waals surface area contributed by atoms with Gasteiger partial charge < -0.3 is 19.5 Å². The third-order valence-electron chi connectivity index (χ3n) is 4.54. The van der Waals surface area contributed by atoms with Crippen molar-refractivity contribution in [1.82, 2.24) is 4.31 Å². The van der Waals surface area contributed by atoms with Gasteiger partial charge >= 0.3 is 5.97 Å². The predicted molar refractivity (Wildman–Crippen MR) is 113 cm³/mol. The fourth-order valence-corrected chi connectivity index (χ4v) is 4.80. The topological polar surface area (TPSA) is 111 Å². The van der Waals surface area contributed by atoms with Crippen LogP contribution in [0.3, 0.4) is 0 Å². The van der Waals surface area contributed by atoms with Gasteiger partial charge in [0.05, 0.1) is 25.3 Å². The Labute approximate surface area is 189 Å². The van der Waals surface area contributed by atoms with Crippen LogP contribution in [0.5, 0.6) is 5.75 Å². The molecule has 0 unspecified atom stereocenters. The Hall–Kier alpha value is -2.73. The van der Waals surface area contributed by atoms with E-state index in [2.05, 4.69) is 5.32 Å². The van der Waals surface area contributed by atoms with Crippen LogP contribution in [-0.2, 0) is 24.3 Å². The fraction of sp³-hybridized carbons (Fsp3) is 0.300. The number of anilines is 1. The molecule has 0 aliphatic carbocycles. The maximum absolute atomic E-state index is 13.8. The molecule has 1 amide bonds. The third-order valence-corrected chi connectivity index (χ3v) is 6.77. The first-order valence-electron chi connectivity index (χ1n) is 9.41. The van der Waals surface area contributed by atoms with Crippen LogP contribution in [0.2, 0.25) is 5.02 Å². The standard InChI is InChI=1S/C20H20ClFN2O7S/c1-29-16-6-5-13(11-17(16)32(27,28)24-7-9-30-10-8-24)23-18(25)12-31-20(26)19-14(21)3-2-4-15(19)22/h2-6,11H,7-10,12H2,1H3,(H,23,25). The van der Waals surface area contributed by atoms with Gasteiger partial charge in [0.15, 0.2) is 6.61 Å². The quantitative estimate of drug-likeness (QED) is 0.598. The molecule has 2 aromatic carbocycles. The van der Waals surface area contributed by atoms with E-state index in [1.54, 1.807) is 0 Å². The van der Waals surface area contributed by atoms with Crippen LogP contribution in [0, 0.1) is 5.82 Å². The van der Waals surface area contributed by atoms with Crippen LogP contribution < -0.4 is 10.1 Å². The van der Waals surface area contributed by atoms with Crippen LogP contribution >= 0.6 is 11.6 Å². The van der Waals surface area contributed by atoms with Gasteiger partial charge in [-0.25, -0.2) is 17.6 Å². The zero-order valence-corrected chi connectivity index (χ0v) is 18.5. The van der Waals surface area contributed by atoms with E-state index in [1.807, 2.05) is 0 Å². The highest BCUT2D eigenvalue weighted by atomic mass is 35.5. The van der Waals surface area contributed by atoms with Crippen LogP contribution in [0.15, 0.2) is 41.3 Å². The molecule has 1 fully saturated rings. The summed E-state index contributed by atoms with van der Waals surface area (Å²) in [4.78, 5) is 24.1. The van der Waals surface area contributed by atoms with Crippen molar-refractivity contribution < 1.29 is 36.6 Å². The highest BCUT2D eigenvalue weighted by molar-refractivity contribution is 7.89. The third kappa shape index (κ3) is 5.36. The molecule has 0 saturated carbocycles. The zero-order valence-electron chi connectivity index (χ0n) is 17.0. The lowest BCUT2D eigenvalue weighted by Crippen LogP contribution is -2.40. The van der Waals surface area contributed by atoms with Crippen molar-refractivity contribution in [2.75, 3.05) is 45.3 Å². The highest BCUT2D eigenvalue weighted by Crippen LogP contribution is 2.30. The van der Waals surface area contributed by atoms with Gasteiger partial charge in [0.25, 0.3) is 5.91 Å². The second-order valence-corrected chi connectivity index (χ2v) is 8.92. The van der Waals surface area contributed by atoms with Gasteiger partial charge in [-0.2, -0.15) is 4.31 Å². The second kappa shape index (κ2) is 10.3. The summed E-state index contributed by atoms with van der Waals surface area (Å²) in [7, 11) is -2.57. The number of hydrogen-bond donors (Lipinski definition) is 1. The molecule has 1 aliphatic heterocycles. The molecule has 1 N–H and O–H groups in total. The number of rotatable bonds is 7. The van der Waals surface area contributed by atoms with Gasteiger partial charge in [-0.3, -0.25) is 4.79 Å². The number of carbonyl (C=O) groups excluding carboxylic acids is 2. The van der Waals surface area contributed by atoms with E-state index in [-0.39, 0.29) is 47.7 Å². The first-order valence-corrected chi connectivity index (χ1v) is 11.2. The highest BCUT2D eigenvalue weighted by Gasteiger charge is 2.29. The number of methoxy groups -OCH3 is 1. The van der Waals surface area contributed by atoms with Crippen molar-refractivity contribution in [2.45, 2.75) is 4.90 Å². The van der Waals surface area contributed by atoms with Gasteiger partial charge in [-0.1, -0.05) is 17.7 Å². The van der Waals surface area contributed by atoms with Crippen LogP contribution in [0.4, 0.5) is 10.1 Å². The molecule has 12 heteroatoms. The molecule has 1 aliphatic rings. The minimum atomic E-state index is -3.90. The van der Waals surface area contributed by atoms with E-state index in [1.165, 1.54) is 41.7 Å². The van der Waals surface area contributed by atoms with Gasteiger partial charge in [0, 0.05) is 18.8 Å². The summed E-state index contributed by atoms with van der Waals surface area (Å²) in [6, 6.07) is 7.76. The number of hydrogen-bond acceptors (Lipinski definition) is 7.